The van der Waals surface area contributed by atoms with Gasteiger partial charge < -0.3 is 15.1 Å². The molecule has 6 heteroatoms. The number of hydrogen-bond donors (Lipinski definition) is 1. The van der Waals surface area contributed by atoms with Crippen molar-refractivity contribution in [3.63, 3.8) is 0 Å². The smallest absolute Gasteiger partial charge is 0.247 e. The minimum atomic E-state index is 0.695. The van der Waals surface area contributed by atoms with Crippen LogP contribution in [0.4, 0.5) is 17.5 Å². The van der Waals surface area contributed by atoms with E-state index in [-0.39, 0.29) is 0 Å². The SMILES string of the molecule is Cc1ccccc1CNc1cnnc(N2CCN(c3cccc(C)c3C)CC2)n1. The number of nitrogens with zero attached hydrogens (tertiary/aromatic N) is 5. The van der Waals surface area contributed by atoms with Gasteiger partial charge in [0.1, 0.15) is 0 Å². The first-order chi connectivity index (χ1) is 14.1. The lowest BCUT2D eigenvalue weighted by atomic mass is 10.1. The molecule has 29 heavy (non-hydrogen) atoms. The lowest BCUT2D eigenvalue weighted by molar-refractivity contribution is 0.634. The molecule has 0 bridgehead atoms. The van der Waals surface area contributed by atoms with Gasteiger partial charge in [-0.2, -0.15) is 10.1 Å². The molecule has 6 nitrogen and oxygen atoms in total. The number of benzene rings is 2. The third-order valence-corrected chi connectivity index (χ3v) is 5.75. The van der Waals surface area contributed by atoms with Crippen molar-refractivity contribution in [1.82, 2.24) is 15.2 Å². The fourth-order valence-corrected chi connectivity index (χ4v) is 3.73. The van der Waals surface area contributed by atoms with E-state index >= 15 is 0 Å². The van der Waals surface area contributed by atoms with Crippen molar-refractivity contribution in [2.75, 3.05) is 41.3 Å². The zero-order valence-corrected chi connectivity index (χ0v) is 17.4. The highest BCUT2D eigenvalue weighted by atomic mass is 15.4. The molecule has 0 amide bonds. The van der Waals surface area contributed by atoms with Gasteiger partial charge in [-0.3, -0.25) is 0 Å². The Kier molecular flexibility index (Phi) is 5.60. The van der Waals surface area contributed by atoms with Gasteiger partial charge in [-0.15, -0.1) is 5.10 Å². The molecule has 1 N–H and O–H groups in total. The van der Waals surface area contributed by atoms with Gasteiger partial charge in [0, 0.05) is 38.4 Å². The second kappa shape index (κ2) is 8.47. The molecule has 1 saturated heterocycles. The maximum absolute atomic E-state index is 4.69. The number of rotatable bonds is 5. The van der Waals surface area contributed by atoms with E-state index in [1.807, 2.05) is 0 Å². The molecule has 0 saturated carbocycles. The summed E-state index contributed by atoms with van der Waals surface area (Å²) < 4.78 is 0. The zero-order valence-electron chi connectivity index (χ0n) is 17.4. The van der Waals surface area contributed by atoms with Crippen molar-refractivity contribution in [2.45, 2.75) is 27.3 Å². The average molecular weight is 389 g/mol. The van der Waals surface area contributed by atoms with Crippen LogP contribution in [0.3, 0.4) is 0 Å². The Morgan fingerprint density at radius 2 is 1.59 bits per heavy atom. The van der Waals surface area contributed by atoms with Crippen molar-refractivity contribution >= 4 is 17.5 Å². The van der Waals surface area contributed by atoms with Gasteiger partial charge in [0.2, 0.25) is 5.95 Å². The summed E-state index contributed by atoms with van der Waals surface area (Å²) in [5.41, 5.74) is 6.56. The molecule has 150 valence electrons. The van der Waals surface area contributed by atoms with Crippen LogP contribution in [-0.4, -0.2) is 41.4 Å². The molecule has 0 atom stereocenters. The fourth-order valence-electron chi connectivity index (χ4n) is 3.73. The zero-order chi connectivity index (χ0) is 20.2. The molecule has 1 aliphatic rings. The van der Waals surface area contributed by atoms with E-state index in [0.717, 1.165) is 38.5 Å². The minimum absolute atomic E-state index is 0.695. The maximum atomic E-state index is 4.69. The van der Waals surface area contributed by atoms with Gasteiger partial charge in [0.15, 0.2) is 5.82 Å². The van der Waals surface area contributed by atoms with Crippen molar-refractivity contribution in [3.8, 4) is 0 Å². The Bertz CT molecular complexity index is 979. The van der Waals surface area contributed by atoms with Gasteiger partial charge in [-0.05, 0) is 49.1 Å². The van der Waals surface area contributed by atoms with E-state index in [4.69, 9.17) is 4.98 Å². The van der Waals surface area contributed by atoms with E-state index in [9.17, 15) is 0 Å². The highest BCUT2D eigenvalue weighted by molar-refractivity contribution is 5.57. The fraction of sp³-hybridized carbons (Fsp3) is 0.348. The highest BCUT2D eigenvalue weighted by Crippen LogP contribution is 2.24. The van der Waals surface area contributed by atoms with Gasteiger partial charge in [-0.1, -0.05) is 36.4 Å². The standard InChI is InChI=1S/C23H28N6/c1-17-8-6-10-21(19(17)3)28-11-13-29(14-12-28)23-26-22(16-25-27-23)24-15-20-9-5-4-7-18(20)2/h4-10,16H,11-15H2,1-3H3,(H,24,26,27). The van der Waals surface area contributed by atoms with Gasteiger partial charge in [-0.25, -0.2) is 0 Å². The molecule has 1 fully saturated rings. The van der Waals surface area contributed by atoms with Crippen LogP contribution in [0.15, 0.2) is 48.7 Å². The summed E-state index contributed by atoms with van der Waals surface area (Å²) in [6.45, 7) is 10.9. The lowest BCUT2D eigenvalue weighted by Crippen LogP contribution is -2.47. The van der Waals surface area contributed by atoms with E-state index < -0.39 is 0 Å². The van der Waals surface area contributed by atoms with Crippen LogP contribution < -0.4 is 15.1 Å². The Morgan fingerprint density at radius 3 is 2.38 bits per heavy atom. The second-order valence-corrected chi connectivity index (χ2v) is 7.61. The predicted molar refractivity (Wildman–Crippen MR) is 119 cm³/mol. The van der Waals surface area contributed by atoms with Crippen LogP contribution in [-0.2, 0) is 6.54 Å². The lowest BCUT2D eigenvalue weighted by Gasteiger charge is -2.36. The monoisotopic (exact) mass is 388 g/mol. The average Bonchev–Trinajstić information content (AvgIpc) is 2.75. The van der Waals surface area contributed by atoms with E-state index in [0.29, 0.717) is 5.95 Å². The topological polar surface area (TPSA) is 57.2 Å². The second-order valence-electron chi connectivity index (χ2n) is 7.61. The Labute approximate surface area is 172 Å². The third kappa shape index (κ3) is 4.31. The third-order valence-electron chi connectivity index (χ3n) is 5.75. The van der Waals surface area contributed by atoms with Crippen molar-refractivity contribution in [2.24, 2.45) is 0 Å². The summed E-state index contributed by atoms with van der Waals surface area (Å²) in [5.74, 6) is 1.45. The van der Waals surface area contributed by atoms with Crippen molar-refractivity contribution in [1.29, 1.82) is 0 Å². The summed E-state index contributed by atoms with van der Waals surface area (Å²) >= 11 is 0. The molecule has 4 rings (SSSR count). The maximum Gasteiger partial charge on any atom is 0.247 e. The molecule has 1 aromatic heterocycles. The van der Waals surface area contributed by atoms with Crippen LogP contribution in [0.2, 0.25) is 0 Å². The molecule has 0 radical (unpaired) electrons. The minimum Gasteiger partial charge on any atom is -0.368 e. The van der Waals surface area contributed by atoms with E-state index in [2.05, 4.69) is 88.5 Å². The molecular formula is C23H28N6. The summed E-state index contributed by atoms with van der Waals surface area (Å²) in [5, 5.41) is 11.8. The normalized spacial score (nSPS) is 14.2. The molecule has 2 aromatic carbocycles. The molecule has 2 heterocycles. The van der Waals surface area contributed by atoms with E-state index in [1.165, 1.54) is 27.9 Å². The van der Waals surface area contributed by atoms with Crippen LogP contribution in [0.5, 0.6) is 0 Å². The van der Waals surface area contributed by atoms with Crippen LogP contribution in [0.25, 0.3) is 0 Å². The van der Waals surface area contributed by atoms with Gasteiger partial charge >= 0.3 is 0 Å². The first-order valence-electron chi connectivity index (χ1n) is 10.2. The first kappa shape index (κ1) is 19.2. The van der Waals surface area contributed by atoms with Crippen LogP contribution in [0, 0.1) is 20.8 Å². The number of hydrogen-bond acceptors (Lipinski definition) is 6. The number of aromatic nitrogens is 3. The molecule has 0 unspecified atom stereocenters. The summed E-state index contributed by atoms with van der Waals surface area (Å²) in [6.07, 6.45) is 1.69. The largest absolute Gasteiger partial charge is 0.368 e. The highest BCUT2D eigenvalue weighted by Gasteiger charge is 2.21. The van der Waals surface area contributed by atoms with E-state index in [1.54, 1.807) is 6.20 Å². The summed E-state index contributed by atoms with van der Waals surface area (Å²) in [6, 6.07) is 14.9. The molecule has 3 aromatic rings. The predicted octanol–water partition coefficient (Wildman–Crippen LogP) is 3.74. The Balaban J connectivity index is 1.39. The van der Waals surface area contributed by atoms with Crippen molar-refractivity contribution < 1.29 is 0 Å². The molecule has 0 aliphatic carbocycles. The van der Waals surface area contributed by atoms with Crippen LogP contribution >= 0.6 is 0 Å². The molecule has 0 spiro atoms. The quantitative estimate of drug-likeness (QED) is 0.719. The number of nitrogens with one attached hydrogen (secondary N) is 1. The first-order valence-corrected chi connectivity index (χ1v) is 10.2. The number of anilines is 3. The number of piperazine rings is 1. The summed E-state index contributed by atoms with van der Waals surface area (Å²) in [7, 11) is 0. The van der Waals surface area contributed by atoms with Gasteiger partial charge in [0.05, 0.1) is 6.20 Å². The molecule has 1 aliphatic heterocycles. The molecular weight excluding hydrogens is 360 g/mol. The van der Waals surface area contributed by atoms with Gasteiger partial charge in [0.25, 0.3) is 0 Å². The summed E-state index contributed by atoms with van der Waals surface area (Å²) in [4.78, 5) is 9.36. The Hall–Kier alpha value is -3.15. The van der Waals surface area contributed by atoms with Crippen LogP contribution in [0.1, 0.15) is 22.3 Å². The van der Waals surface area contributed by atoms with Crippen molar-refractivity contribution in [3.05, 3.63) is 70.9 Å². The Morgan fingerprint density at radius 1 is 0.862 bits per heavy atom. The number of aryl methyl sites for hydroxylation is 2.